The molecular formula is C13H22O4. The summed E-state index contributed by atoms with van der Waals surface area (Å²) in [5.41, 5.74) is 0. The molecule has 0 bridgehead atoms. The lowest BCUT2D eigenvalue weighted by atomic mass is 9.97. The Morgan fingerprint density at radius 3 is 2.41 bits per heavy atom. The predicted molar refractivity (Wildman–Crippen MR) is 65.4 cm³/mol. The smallest absolute Gasteiger partial charge is 0.330 e. The third-order valence-corrected chi connectivity index (χ3v) is 2.19. The lowest BCUT2D eigenvalue weighted by Gasteiger charge is -2.13. The lowest BCUT2D eigenvalue weighted by molar-refractivity contribution is -0.142. The van der Waals surface area contributed by atoms with E-state index in [1.807, 2.05) is 19.9 Å². The van der Waals surface area contributed by atoms with Crippen LogP contribution in [-0.2, 0) is 19.1 Å². The number of carbonyl (C=O) groups excluding carboxylic acids is 2. The highest BCUT2D eigenvalue weighted by Gasteiger charge is 2.08. The maximum absolute atomic E-state index is 11.1. The molecule has 0 fully saturated rings. The molecule has 4 heteroatoms. The van der Waals surface area contributed by atoms with E-state index >= 15 is 0 Å². The molecule has 0 N–H and O–H groups in total. The maximum Gasteiger partial charge on any atom is 0.330 e. The molecule has 0 spiro atoms. The zero-order chi connectivity index (χ0) is 13.3. The van der Waals surface area contributed by atoms with E-state index in [0.29, 0.717) is 13.2 Å². The van der Waals surface area contributed by atoms with Crippen molar-refractivity contribution in [1.29, 1.82) is 0 Å². The Balaban J connectivity index is 3.87. The van der Waals surface area contributed by atoms with Crippen molar-refractivity contribution in [3.8, 4) is 0 Å². The maximum atomic E-state index is 11.1. The van der Waals surface area contributed by atoms with Gasteiger partial charge in [0.2, 0.25) is 0 Å². The van der Waals surface area contributed by atoms with Crippen LogP contribution < -0.4 is 0 Å². The second kappa shape index (κ2) is 8.79. The summed E-state index contributed by atoms with van der Waals surface area (Å²) in [6, 6.07) is 0. The minimum Gasteiger partial charge on any atom is -0.466 e. The summed E-state index contributed by atoms with van der Waals surface area (Å²) in [5, 5.41) is 0. The molecule has 2 atom stereocenters. The van der Waals surface area contributed by atoms with Gasteiger partial charge in [-0.15, -0.1) is 0 Å². The highest BCUT2D eigenvalue weighted by atomic mass is 16.5. The van der Waals surface area contributed by atoms with E-state index in [4.69, 9.17) is 9.47 Å². The lowest BCUT2D eigenvalue weighted by Crippen LogP contribution is -2.12. The quantitative estimate of drug-likeness (QED) is 0.508. The Bertz CT molecular complexity index is 271. The van der Waals surface area contributed by atoms with Crippen molar-refractivity contribution < 1.29 is 19.1 Å². The van der Waals surface area contributed by atoms with Crippen LogP contribution in [0.5, 0.6) is 0 Å². The monoisotopic (exact) mass is 242 g/mol. The molecule has 0 amide bonds. The number of rotatable bonds is 7. The fourth-order valence-electron chi connectivity index (χ4n) is 1.47. The van der Waals surface area contributed by atoms with Crippen molar-refractivity contribution in [3.63, 3.8) is 0 Å². The molecule has 0 aliphatic heterocycles. The van der Waals surface area contributed by atoms with Crippen LogP contribution in [0.3, 0.4) is 0 Å². The molecule has 0 saturated heterocycles. The number of allylic oxidation sites excluding steroid dienone is 1. The Hall–Kier alpha value is -1.32. The van der Waals surface area contributed by atoms with Crippen LogP contribution in [0.25, 0.3) is 0 Å². The van der Waals surface area contributed by atoms with Gasteiger partial charge in [0.15, 0.2) is 0 Å². The van der Waals surface area contributed by atoms with Gasteiger partial charge in [-0.25, -0.2) is 4.79 Å². The number of esters is 2. The fraction of sp³-hybridized carbons (Fsp3) is 0.692. The van der Waals surface area contributed by atoms with E-state index in [1.54, 1.807) is 6.92 Å². The van der Waals surface area contributed by atoms with Gasteiger partial charge in [0.05, 0.1) is 13.2 Å². The second-order valence-electron chi connectivity index (χ2n) is 4.23. The van der Waals surface area contributed by atoms with Crippen LogP contribution in [0.4, 0.5) is 0 Å². The summed E-state index contributed by atoms with van der Waals surface area (Å²) < 4.78 is 9.70. The van der Waals surface area contributed by atoms with E-state index in [0.717, 1.165) is 6.42 Å². The fourth-order valence-corrected chi connectivity index (χ4v) is 1.47. The molecule has 0 radical (unpaired) electrons. The third-order valence-electron chi connectivity index (χ3n) is 2.19. The van der Waals surface area contributed by atoms with E-state index in [9.17, 15) is 9.59 Å². The Morgan fingerprint density at radius 1 is 1.24 bits per heavy atom. The second-order valence-corrected chi connectivity index (χ2v) is 4.23. The normalized spacial score (nSPS) is 14.4. The van der Waals surface area contributed by atoms with Gasteiger partial charge in [-0.1, -0.05) is 19.9 Å². The van der Waals surface area contributed by atoms with Crippen molar-refractivity contribution in [2.45, 2.75) is 34.1 Å². The SMILES string of the molecule is CCOC(=O)/C=C/[C@H](C)C[C@H](C)COC(C)=O. The first kappa shape index (κ1) is 15.7. The first-order chi connectivity index (χ1) is 7.95. The standard InChI is InChI=1S/C13H22O4/c1-5-16-13(15)7-6-10(2)8-11(3)9-17-12(4)14/h6-7,10-11H,5,8-9H2,1-4H3/b7-6+/t10-,11-/m0/s1. The third kappa shape index (κ3) is 9.60. The molecule has 0 heterocycles. The van der Waals surface area contributed by atoms with E-state index in [1.165, 1.54) is 13.0 Å². The Morgan fingerprint density at radius 2 is 1.88 bits per heavy atom. The molecule has 0 aromatic carbocycles. The molecule has 0 rings (SSSR count). The van der Waals surface area contributed by atoms with Crippen LogP contribution in [-0.4, -0.2) is 25.2 Å². The number of hydrogen-bond donors (Lipinski definition) is 0. The van der Waals surface area contributed by atoms with Crippen LogP contribution in [0.1, 0.15) is 34.1 Å². The van der Waals surface area contributed by atoms with Gasteiger partial charge >= 0.3 is 11.9 Å². The molecule has 0 aromatic heterocycles. The number of carbonyl (C=O) groups is 2. The summed E-state index contributed by atoms with van der Waals surface area (Å²) in [6.45, 7) is 8.01. The topological polar surface area (TPSA) is 52.6 Å². The summed E-state index contributed by atoms with van der Waals surface area (Å²) in [5.74, 6) is -0.0377. The molecule has 0 saturated carbocycles. The van der Waals surface area contributed by atoms with Gasteiger partial charge in [0.1, 0.15) is 0 Å². The Labute approximate surface area is 103 Å². The molecule has 4 nitrogen and oxygen atoms in total. The van der Waals surface area contributed by atoms with Crippen molar-refractivity contribution in [2.75, 3.05) is 13.2 Å². The van der Waals surface area contributed by atoms with Crippen LogP contribution in [0, 0.1) is 11.8 Å². The summed E-state index contributed by atoms with van der Waals surface area (Å²) >= 11 is 0. The van der Waals surface area contributed by atoms with E-state index in [-0.39, 0.29) is 23.8 Å². The average molecular weight is 242 g/mol. The first-order valence-corrected chi connectivity index (χ1v) is 5.94. The predicted octanol–water partition coefficient (Wildman–Crippen LogP) is 2.33. The molecule has 0 aromatic rings. The molecule has 0 aliphatic rings. The minimum atomic E-state index is -0.313. The van der Waals surface area contributed by atoms with Crippen molar-refractivity contribution in [2.24, 2.45) is 11.8 Å². The molecule has 0 aliphatic carbocycles. The highest BCUT2D eigenvalue weighted by Crippen LogP contribution is 2.13. The number of ether oxygens (including phenoxy) is 2. The first-order valence-electron chi connectivity index (χ1n) is 5.94. The molecule has 98 valence electrons. The Kier molecular flexibility index (Phi) is 8.11. The van der Waals surface area contributed by atoms with Crippen molar-refractivity contribution in [3.05, 3.63) is 12.2 Å². The summed E-state index contributed by atoms with van der Waals surface area (Å²) in [7, 11) is 0. The average Bonchev–Trinajstić information content (AvgIpc) is 2.24. The van der Waals surface area contributed by atoms with Crippen LogP contribution in [0.15, 0.2) is 12.2 Å². The molecular weight excluding hydrogens is 220 g/mol. The largest absolute Gasteiger partial charge is 0.466 e. The van der Waals surface area contributed by atoms with E-state index < -0.39 is 0 Å². The van der Waals surface area contributed by atoms with Crippen LogP contribution in [0.2, 0.25) is 0 Å². The molecule has 17 heavy (non-hydrogen) atoms. The summed E-state index contributed by atoms with van der Waals surface area (Å²) in [4.78, 5) is 21.7. The minimum absolute atomic E-state index is 0.255. The molecule has 0 unspecified atom stereocenters. The van der Waals surface area contributed by atoms with E-state index in [2.05, 4.69) is 0 Å². The van der Waals surface area contributed by atoms with Gasteiger partial charge in [-0.05, 0) is 25.2 Å². The van der Waals surface area contributed by atoms with Gasteiger partial charge in [-0.2, -0.15) is 0 Å². The zero-order valence-corrected chi connectivity index (χ0v) is 11.1. The highest BCUT2D eigenvalue weighted by molar-refractivity contribution is 5.81. The van der Waals surface area contributed by atoms with Gasteiger partial charge in [-0.3, -0.25) is 4.79 Å². The number of hydrogen-bond acceptors (Lipinski definition) is 4. The van der Waals surface area contributed by atoms with Gasteiger partial charge in [0.25, 0.3) is 0 Å². The van der Waals surface area contributed by atoms with Gasteiger partial charge < -0.3 is 9.47 Å². The van der Waals surface area contributed by atoms with Crippen LogP contribution >= 0.6 is 0 Å². The summed E-state index contributed by atoms with van der Waals surface area (Å²) in [6.07, 6.45) is 4.14. The van der Waals surface area contributed by atoms with Crippen molar-refractivity contribution in [1.82, 2.24) is 0 Å². The van der Waals surface area contributed by atoms with Gasteiger partial charge in [0, 0.05) is 13.0 Å². The zero-order valence-electron chi connectivity index (χ0n) is 11.1. The van der Waals surface area contributed by atoms with Crippen molar-refractivity contribution >= 4 is 11.9 Å².